The molecule has 0 fully saturated rings. The van der Waals surface area contributed by atoms with Gasteiger partial charge in [-0.3, -0.25) is 4.98 Å². The summed E-state index contributed by atoms with van der Waals surface area (Å²) in [7, 11) is 0. The number of hydrogen-bond donors (Lipinski definition) is 3. The summed E-state index contributed by atoms with van der Waals surface area (Å²) in [5.74, 6) is 6.46. The van der Waals surface area contributed by atoms with Crippen LogP contribution in [0.2, 0.25) is 0 Å². The first kappa shape index (κ1) is 12.2. The number of rotatable bonds is 5. The van der Waals surface area contributed by atoms with Gasteiger partial charge < -0.3 is 10.5 Å². The third-order valence-electron chi connectivity index (χ3n) is 2.03. The predicted octanol–water partition coefficient (Wildman–Crippen LogP) is 0.765. The molecule has 0 aromatic carbocycles. The molecule has 6 heteroatoms. The van der Waals surface area contributed by atoms with Crippen LogP contribution in [0.25, 0.3) is 0 Å². The number of nitrogens with two attached hydrogens (primary N) is 1. The molecule has 1 rings (SSSR count). The van der Waals surface area contributed by atoms with Crippen LogP contribution in [0.3, 0.4) is 0 Å². The van der Waals surface area contributed by atoms with Gasteiger partial charge in [0.25, 0.3) is 0 Å². The summed E-state index contributed by atoms with van der Waals surface area (Å²) < 4.78 is 0. The van der Waals surface area contributed by atoms with Crippen molar-refractivity contribution in [3.63, 3.8) is 0 Å². The maximum atomic E-state index is 9.30. The number of hydrazine groups is 1. The molecule has 0 aliphatic rings. The Morgan fingerprint density at radius 1 is 1.47 bits per heavy atom. The molecule has 0 radical (unpaired) electrons. The second kappa shape index (κ2) is 5.89. The molecule has 0 spiro atoms. The number of thioether (sulfide) groups is 1. The lowest BCUT2D eigenvalue weighted by molar-refractivity contribution is 0.196. The van der Waals surface area contributed by atoms with E-state index in [9.17, 15) is 5.11 Å². The first-order valence-corrected chi connectivity index (χ1v) is 5.75. The molecule has 2 unspecified atom stereocenters. The minimum atomic E-state index is -0.312. The minimum Gasteiger partial charge on any atom is -0.392 e. The van der Waals surface area contributed by atoms with E-state index in [1.165, 1.54) is 0 Å². The van der Waals surface area contributed by atoms with Crippen LogP contribution < -0.4 is 11.3 Å². The quantitative estimate of drug-likeness (QED) is 0.510. The molecule has 0 bridgehead atoms. The molecule has 1 heterocycles. The van der Waals surface area contributed by atoms with Crippen LogP contribution in [0, 0.1) is 0 Å². The van der Waals surface area contributed by atoms with Crippen molar-refractivity contribution in [3.8, 4) is 0 Å². The smallest absolute Gasteiger partial charge is 0.158 e. The Labute approximate surface area is 93.5 Å². The van der Waals surface area contributed by atoms with Crippen molar-refractivity contribution >= 4 is 17.6 Å². The van der Waals surface area contributed by atoms with E-state index < -0.39 is 0 Å². The zero-order valence-electron chi connectivity index (χ0n) is 8.84. The van der Waals surface area contributed by atoms with Crippen LogP contribution in [0.4, 0.5) is 5.82 Å². The van der Waals surface area contributed by atoms with Crippen LogP contribution in [0.5, 0.6) is 0 Å². The normalized spacial score (nSPS) is 14.7. The Kier molecular flexibility index (Phi) is 4.80. The minimum absolute atomic E-state index is 0.194. The van der Waals surface area contributed by atoms with Gasteiger partial charge in [0.15, 0.2) is 5.82 Å². The van der Waals surface area contributed by atoms with Gasteiger partial charge in [-0.05, 0) is 6.92 Å². The zero-order chi connectivity index (χ0) is 11.3. The second-order valence-electron chi connectivity index (χ2n) is 3.29. The van der Waals surface area contributed by atoms with Crippen molar-refractivity contribution in [1.29, 1.82) is 0 Å². The SMILES string of the molecule is CC(O)C(C)SCc1cnc(NN)cn1. The molecule has 2 atom stereocenters. The number of anilines is 1. The summed E-state index contributed by atoms with van der Waals surface area (Å²) in [5, 5.41) is 9.49. The molecule has 0 aliphatic carbocycles. The summed E-state index contributed by atoms with van der Waals surface area (Å²) in [6, 6.07) is 0. The highest BCUT2D eigenvalue weighted by molar-refractivity contribution is 7.99. The van der Waals surface area contributed by atoms with Gasteiger partial charge in [-0.15, -0.1) is 11.8 Å². The fourth-order valence-corrected chi connectivity index (χ4v) is 1.72. The molecule has 0 aliphatic heterocycles. The van der Waals surface area contributed by atoms with Crippen LogP contribution in [0.15, 0.2) is 12.4 Å². The van der Waals surface area contributed by atoms with Crippen molar-refractivity contribution < 1.29 is 5.11 Å². The zero-order valence-corrected chi connectivity index (χ0v) is 9.66. The summed E-state index contributed by atoms with van der Waals surface area (Å²) in [5.41, 5.74) is 3.30. The maximum absolute atomic E-state index is 9.30. The standard InChI is InChI=1S/C9H16N4OS/c1-6(14)7(2)15-5-8-3-12-9(13-10)4-11-8/h3-4,6-7,14H,5,10H2,1-2H3,(H,12,13). The summed E-state index contributed by atoms with van der Waals surface area (Å²) in [6.45, 7) is 3.77. The van der Waals surface area contributed by atoms with Gasteiger partial charge in [0.05, 0.1) is 24.2 Å². The summed E-state index contributed by atoms with van der Waals surface area (Å²) in [4.78, 5) is 8.22. The van der Waals surface area contributed by atoms with Crippen LogP contribution >= 0.6 is 11.8 Å². The molecule has 1 aromatic rings. The fraction of sp³-hybridized carbons (Fsp3) is 0.556. The fourth-order valence-electron chi connectivity index (χ4n) is 0.860. The first-order valence-electron chi connectivity index (χ1n) is 4.70. The first-order chi connectivity index (χ1) is 7.13. The third-order valence-corrected chi connectivity index (χ3v) is 3.41. The number of aliphatic hydroxyl groups excluding tert-OH is 1. The Hall–Kier alpha value is -0.850. The second-order valence-corrected chi connectivity index (χ2v) is 4.66. The van der Waals surface area contributed by atoms with Crippen LogP contribution in [0.1, 0.15) is 19.5 Å². The van der Waals surface area contributed by atoms with Crippen molar-refractivity contribution in [3.05, 3.63) is 18.1 Å². The van der Waals surface area contributed by atoms with E-state index in [1.54, 1.807) is 31.1 Å². The van der Waals surface area contributed by atoms with Gasteiger partial charge >= 0.3 is 0 Å². The Morgan fingerprint density at radius 2 is 2.20 bits per heavy atom. The summed E-state index contributed by atoms with van der Waals surface area (Å²) >= 11 is 1.65. The monoisotopic (exact) mass is 228 g/mol. The number of nitrogens with one attached hydrogen (secondary N) is 1. The topological polar surface area (TPSA) is 84.1 Å². The van der Waals surface area contributed by atoms with Gasteiger partial charge in [-0.2, -0.15) is 0 Å². The van der Waals surface area contributed by atoms with Crippen LogP contribution in [-0.4, -0.2) is 26.4 Å². The lowest BCUT2D eigenvalue weighted by Crippen LogP contribution is -2.15. The number of nitrogens with zero attached hydrogens (tertiary/aromatic N) is 2. The van der Waals surface area contributed by atoms with Gasteiger partial charge in [0.2, 0.25) is 0 Å². The lowest BCUT2D eigenvalue weighted by Gasteiger charge is -2.13. The van der Waals surface area contributed by atoms with E-state index >= 15 is 0 Å². The Balaban J connectivity index is 2.44. The maximum Gasteiger partial charge on any atom is 0.158 e. The highest BCUT2D eigenvalue weighted by Crippen LogP contribution is 2.18. The van der Waals surface area contributed by atoms with Crippen molar-refractivity contribution in [2.75, 3.05) is 5.43 Å². The van der Waals surface area contributed by atoms with Crippen molar-refractivity contribution in [2.45, 2.75) is 31.0 Å². The van der Waals surface area contributed by atoms with E-state index in [-0.39, 0.29) is 11.4 Å². The van der Waals surface area contributed by atoms with E-state index in [1.807, 2.05) is 6.92 Å². The van der Waals surface area contributed by atoms with E-state index in [4.69, 9.17) is 5.84 Å². The third kappa shape index (κ3) is 4.03. The predicted molar refractivity (Wildman–Crippen MR) is 62.3 cm³/mol. The molecule has 1 aromatic heterocycles. The molecular weight excluding hydrogens is 212 g/mol. The molecule has 0 amide bonds. The lowest BCUT2D eigenvalue weighted by atomic mass is 10.3. The Morgan fingerprint density at radius 3 is 2.67 bits per heavy atom. The molecule has 5 nitrogen and oxygen atoms in total. The molecule has 15 heavy (non-hydrogen) atoms. The molecule has 0 saturated heterocycles. The van der Waals surface area contributed by atoms with E-state index in [0.29, 0.717) is 5.82 Å². The summed E-state index contributed by atoms with van der Waals surface area (Å²) in [6.07, 6.45) is 2.95. The number of hydrogen-bond acceptors (Lipinski definition) is 6. The van der Waals surface area contributed by atoms with Gasteiger partial charge in [0.1, 0.15) is 0 Å². The largest absolute Gasteiger partial charge is 0.392 e. The van der Waals surface area contributed by atoms with Crippen molar-refractivity contribution in [2.24, 2.45) is 5.84 Å². The van der Waals surface area contributed by atoms with Gasteiger partial charge in [0, 0.05) is 11.0 Å². The molecule has 0 saturated carbocycles. The molecular formula is C9H16N4OS. The van der Waals surface area contributed by atoms with Gasteiger partial charge in [-0.25, -0.2) is 10.8 Å². The number of nitrogen functional groups attached to an aromatic ring is 1. The van der Waals surface area contributed by atoms with Crippen molar-refractivity contribution in [1.82, 2.24) is 9.97 Å². The highest BCUT2D eigenvalue weighted by atomic mass is 32.2. The number of aliphatic hydroxyl groups is 1. The van der Waals surface area contributed by atoms with Crippen LogP contribution in [-0.2, 0) is 5.75 Å². The highest BCUT2D eigenvalue weighted by Gasteiger charge is 2.09. The van der Waals surface area contributed by atoms with E-state index in [2.05, 4.69) is 15.4 Å². The average molecular weight is 228 g/mol. The average Bonchev–Trinajstić information content (AvgIpc) is 2.26. The number of aromatic nitrogens is 2. The molecule has 84 valence electrons. The molecule has 4 N–H and O–H groups in total. The van der Waals surface area contributed by atoms with Gasteiger partial charge in [-0.1, -0.05) is 6.92 Å². The Bertz CT molecular complexity index is 291. The van der Waals surface area contributed by atoms with E-state index in [0.717, 1.165) is 11.4 Å².